The highest BCUT2D eigenvalue weighted by Gasteiger charge is 2.48. The van der Waals surface area contributed by atoms with Gasteiger partial charge in [0.05, 0.1) is 13.2 Å². The molecule has 2 aliphatic rings. The smallest absolute Gasteiger partial charge is 0.324 e. The van der Waals surface area contributed by atoms with E-state index in [1.807, 2.05) is 69.5 Å². The quantitative estimate of drug-likeness (QED) is 0.215. The van der Waals surface area contributed by atoms with Crippen molar-refractivity contribution < 1.29 is 33.4 Å². The van der Waals surface area contributed by atoms with Crippen molar-refractivity contribution in [3.63, 3.8) is 0 Å². The van der Waals surface area contributed by atoms with Crippen LogP contribution in [0.1, 0.15) is 81.1 Å². The zero-order valence-electron chi connectivity index (χ0n) is 29.0. The van der Waals surface area contributed by atoms with Crippen molar-refractivity contribution in [2.45, 2.75) is 111 Å². The molecule has 4 amide bonds. The van der Waals surface area contributed by atoms with Crippen molar-refractivity contribution in [1.82, 2.24) is 19.6 Å². The summed E-state index contributed by atoms with van der Waals surface area (Å²) in [6, 6.07) is -2.78. The number of likely N-dealkylation sites (tertiary alicyclic amines) is 1. The van der Waals surface area contributed by atoms with E-state index in [4.69, 9.17) is 9.47 Å². The lowest BCUT2D eigenvalue weighted by molar-refractivity contribution is -0.170. The summed E-state index contributed by atoms with van der Waals surface area (Å²) in [6.45, 7) is 15.7. The minimum Gasteiger partial charge on any atom is -0.499 e. The first-order valence-corrected chi connectivity index (χ1v) is 16.1. The molecule has 0 bridgehead atoms. The van der Waals surface area contributed by atoms with Crippen molar-refractivity contribution in [3.8, 4) is 0 Å². The van der Waals surface area contributed by atoms with Crippen LogP contribution in [-0.2, 0) is 33.4 Å². The number of hydrogen-bond acceptors (Lipinski definition) is 8. The number of nitrogens with zero attached hydrogens (tertiary/aromatic N) is 4. The molecule has 0 radical (unpaired) electrons. The summed E-state index contributed by atoms with van der Waals surface area (Å²) in [4.78, 5) is 74.3. The van der Waals surface area contributed by atoms with Gasteiger partial charge in [-0.1, -0.05) is 55.4 Å². The average Bonchev–Trinajstić information content (AvgIpc) is 3.57. The van der Waals surface area contributed by atoms with Crippen molar-refractivity contribution in [3.05, 3.63) is 11.8 Å². The van der Waals surface area contributed by atoms with Crippen LogP contribution in [0, 0.1) is 23.7 Å². The molecule has 250 valence electrons. The normalized spacial score (nSPS) is 21.5. The molecule has 0 aliphatic carbocycles. The maximum atomic E-state index is 14.2. The van der Waals surface area contributed by atoms with Gasteiger partial charge in [-0.2, -0.15) is 0 Å². The molecule has 11 heteroatoms. The van der Waals surface area contributed by atoms with Crippen LogP contribution in [0.5, 0.6) is 0 Å². The molecule has 2 rings (SSSR count). The number of amides is 4. The molecule has 0 aromatic heterocycles. The molecule has 6 atom stereocenters. The zero-order valence-corrected chi connectivity index (χ0v) is 29.0. The number of likely N-dealkylation sites (N-methyl/N-ethyl adjacent to an activating group) is 2. The molecule has 0 aromatic rings. The minimum atomic E-state index is -1.07. The lowest BCUT2D eigenvalue weighted by atomic mass is 9.96. The maximum absolute atomic E-state index is 14.2. The molecule has 1 saturated heterocycles. The highest BCUT2D eigenvalue weighted by atomic mass is 16.6. The second-order valence-corrected chi connectivity index (χ2v) is 13.7. The van der Waals surface area contributed by atoms with Crippen molar-refractivity contribution in [2.24, 2.45) is 23.7 Å². The van der Waals surface area contributed by atoms with Crippen molar-refractivity contribution >= 4 is 29.6 Å². The summed E-state index contributed by atoms with van der Waals surface area (Å²) < 4.78 is 11.3. The van der Waals surface area contributed by atoms with E-state index in [0.29, 0.717) is 38.0 Å². The molecule has 0 saturated carbocycles. The lowest BCUT2D eigenvalue weighted by Gasteiger charge is -2.38. The Morgan fingerprint density at radius 1 is 1.02 bits per heavy atom. The Bertz CT molecular complexity index is 1090. The van der Waals surface area contributed by atoms with E-state index in [1.54, 1.807) is 11.9 Å². The highest BCUT2D eigenvalue weighted by molar-refractivity contribution is 6.07. The first-order chi connectivity index (χ1) is 20.5. The van der Waals surface area contributed by atoms with Gasteiger partial charge in [-0.25, -0.2) is 0 Å². The van der Waals surface area contributed by atoms with Gasteiger partial charge in [-0.3, -0.25) is 33.8 Å². The Balaban J connectivity index is 2.35. The largest absolute Gasteiger partial charge is 0.499 e. The fourth-order valence-electron chi connectivity index (χ4n) is 6.24. The Morgan fingerprint density at radius 2 is 1.64 bits per heavy atom. The van der Waals surface area contributed by atoms with Gasteiger partial charge >= 0.3 is 5.97 Å². The van der Waals surface area contributed by atoms with Crippen LogP contribution < -0.4 is 0 Å². The molecule has 1 fully saturated rings. The molecular formula is C33H56N4O7. The Kier molecular flexibility index (Phi) is 13.4. The second kappa shape index (κ2) is 15.9. The summed E-state index contributed by atoms with van der Waals surface area (Å²) in [5.74, 6) is -2.16. The van der Waals surface area contributed by atoms with Crippen LogP contribution in [0.4, 0.5) is 0 Å². The number of carbonyl (C=O) groups excluding carboxylic acids is 5. The third-order valence-corrected chi connectivity index (χ3v) is 8.89. The molecule has 0 N–H and O–H groups in total. The standard InChI is InChI=1S/C33H56N4O7/c1-13-22(8)29(44-33(42)24(34(9)10)17-19(2)3)32(41)35(11)28(21(6)7)31(40)36-16-14-15-23(36)30(39)37-26(38)18-25(43-12)27(37)20(4)5/h18-24,27-29H,13-17H2,1-12H3/t22-,23-,24-,27-,28-,29-/m0/s1. The molecule has 2 heterocycles. The number of carbonyl (C=O) groups is 5. The topological polar surface area (TPSA) is 117 Å². The monoisotopic (exact) mass is 620 g/mol. The molecule has 0 unspecified atom stereocenters. The summed E-state index contributed by atoms with van der Waals surface area (Å²) in [5.41, 5.74) is 0. The number of rotatable bonds is 14. The van der Waals surface area contributed by atoms with E-state index >= 15 is 0 Å². The van der Waals surface area contributed by atoms with Crippen LogP contribution in [0.3, 0.4) is 0 Å². The van der Waals surface area contributed by atoms with E-state index in [0.717, 1.165) is 0 Å². The Morgan fingerprint density at radius 3 is 2.11 bits per heavy atom. The average molecular weight is 621 g/mol. The third-order valence-electron chi connectivity index (χ3n) is 8.89. The predicted molar refractivity (Wildman–Crippen MR) is 168 cm³/mol. The van der Waals surface area contributed by atoms with E-state index in [2.05, 4.69) is 0 Å². The second-order valence-electron chi connectivity index (χ2n) is 13.7. The van der Waals surface area contributed by atoms with E-state index in [1.165, 1.54) is 27.9 Å². The molecule has 0 aromatic carbocycles. The predicted octanol–water partition coefficient (Wildman–Crippen LogP) is 3.32. The Labute approximate surface area is 264 Å². The van der Waals surface area contributed by atoms with Crippen LogP contribution in [0.25, 0.3) is 0 Å². The van der Waals surface area contributed by atoms with Crippen molar-refractivity contribution in [1.29, 1.82) is 0 Å². The summed E-state index contributed by atoms with van der Waals surface area (Å²) in [7, 11) is 6.66. The van der Waals surface area contributed by atoms with Gasteiger partial charge < -0.3 is 19.3 Å². The van der Waals surface area contributed by atoms with Crippen molar-refractivity contribution in [2.75, 3.05) is 34.8 Å². The fraction of sp³-hybridized carbons (Fsp3) is 0.788. The van der Waals surface area contributed by atoms with Gasteiger partial charge in [0, 0.05) is 25.6 Å². The minimum absolute atomic E-state index is 0.0813. The van der Waals surface area contributed by atoms with Crippen LogP contribution in [0.15, 0.2) is 11.8 Å². The molecule has 44 heavy (non-hydrogen) atoms. The number of hydrogen-bond donors (Lipinski definition) is 0. The van der Waals surface area contributed by atoms with E-state index < -0.39 is 54.0 Å². The maximum Gasteiger partial charge on any atom is 0.324 e. The summed E-state index contributed by atoms with van der Waals surface area (Å²) >= 11 is 0. The van der Waals surface area contributed by atoms with Crippen LogP contribution in [-0.4, -0.2) is 114 Å². The van der Waals surface area contributed by atoms with Gasteiger partial charge in [0.15, 0.2) is 6.10 Å². The SMILES string of the molecule is CC[C@H](C)[C@H](OC(=O)[C@H](CC(C)C)N(C)C)C(=O)N(C)[C@H](C(=O)N1CCC[C@H]1C(=O)N1C(=O)C=C(OC)[C@@H]1C(C)C)C(C)C. The molecule has 0 spiro atoms. The van der Waals surface area contributed by atoms with Gasteiger partial charge in [-0.05, 0) is 57.5 Å². The van der Waals surface area contributed by atoms with Gasteiger partial charge in [0.1, 0.15) is 23.9 Å². The van der Waals surface area contributed by atoms with Gasteiger partial charge in [-0.15, -0.1) is 0 Å². The number of ether oxygens (including phenoxy) is 2. The number of esters is 1. The summed E-state index contributed by atoms with van der Waals surface area (Å²) in [5, 5.41) is 0. The first-order valence-electron chi connectivity index (χ1n) is 16.1. The molecular weight excluding hydrogens is 564 g/mol. The van der Waals surface area contributed by atoms with Crippen LogP contribution in [0.2, 0.25) is 0 Å². The number of imide groups is 1. The zero-order chi connectivity index (χ0) is 33.6. The third kappa shape index (κ3) is 8.20. The van der Waals surface area contributed by atoms with Gasteiger partial charge in [0.2, 0.25) is 5.91 Å². The molecule has 2 aliphatic heterocycles. The van der Waals surface area contributed by atoms with Crippen LogP contribution >= 0.6 is 0 Å². The Hall–Kier alpha value is -2.95. The highest BCUT2D eigenvalue weighted by Crippen LogP contribution is 2.31. The fourth-order valence-corrected chi connectivity index (χ4v) is 6.24. The van der Waals surface area contributed by atoms with E-state index in [-0.39, 0.29) is 29.6 Å². The molecule has 11 nitrogen and oxygen atoms in total. The van der Waals surface area contributed by atoms with E-state index in [9.17, 15) is 24.0 Å². The number of methoxy groups -OCH3 is 1. The lowest BCUT2D eigenvalue weighted by Crippen LogP contribution is -2.59. The first kappa shape index (κ1) is 37.2. The summed E-state index contributed by atoms with van der Waals surface area (Å²) in [6.07, 6.45) is 2.46. The van der Waals surface area contributed by atoms with Gasteiger partial charge in [0.25, 0.3) is 17.7 Å².